The van der Waals surface area contributed by atoms with Crippen LogP contribution in [-0.4, -0.2) is 21.2 Å². The molecule has 0 aliphatic carbocycles. The maximum atomic E-state index is 11.3. The molecule has 0 atom stereocenters. The van der Waals surface area contributed by atoms with Crippen LogP contribution in [0.3, 0.4) is 0 Å². The summed E-state index contributed by atoms with van der Waals surface area (Å²) in [4.78, 5) is 11.3. The van der Waals surface area contributed by atoms with Crippen LogP contribution in [0.25, 0.3) is 0 Å². The number of aromatic nitrogens is 2. The van der Waals surface area contributed by atoms with E-state index in [0.29, 0.717) is 6.54 Å². The van der Waals surface area contributed by atoms with Gasteiger partial charge in [-0.25, -0.2) is 0 Å². The highest BCUT2D eigenvalue weighted by Crippen LogP contribution is 2.22. The van der Waals surface area contributed by atoms with Gasteiger partial charge in [-0.1, -0.05) is 6.92 Å². The van der Waals surface area contributed by atoms with Crippen LogP contribution < -0.4 is 11.1 Å². The number of nitrogens with two attached hydrogens (primary N) is 1. The first-order chi connectivity index (χ1) is 8.33. The lowest BCUT2D eigenvalue weighted by atomic mass is 10.1. The third kappa shape index (κ3) is 3.11. The fourth-order valence-electron chi connectivity index (χ4n) is 1.58. The molecule has 0 fully saturated rings. The van der Waals surface area contributed by atoms with Crippen LogP contribution in [0.2, 0.25) is 0 Å². The van der Waals surface area contributed by atoms with Crippen molar-refractivity contribution >= 4 is 21.8 Å². The number of halogens is 1. The summed E-state index contributed by atoms with van der Waals surface area (Å²) in [6.07, 6.45) is 0.875. The SMILES string of the molecule is CCc1nn(CC)c(CNC(C)(C)C(N)=O)c1Br. The first-order valence-electron chi connectivity index (χ1n) is 6.12. The first kappa shape index (κ1) is 15.2. The molecule has 102 valence electrons. The summed E-state index contributed by atoms with van der Waals surface area (Å²) in [5.41, 5.74) is 6.69. The fourth-order valence-corrected chi connectivity index (χ4v) is 2.28. The van der Waals surface area contributed by atoms with Crippen molar-refractivity contribution in [2.75, 3.05) is 0 Å². The molecule has 0 saturated heterocycles. The van der Waals surface area contributed by atoms with Gasteiger partial charge >= 0.3 is 0 Å². The average molecular weight is 317 g/mol. The second-order valence-electron chi connectivity index (χ2n) is 4.72. The molecule has 1 heterocycles. The quantitative estimate of drug-likeness (QED) is 0.837. The third-order valence-electron chi connectivity index (χ3n) is 3.01. The maximum absolute atomic E-state index is 11.3. The average Bonchev–Trinajstić information content (AvgIpc) is 2.62. The molecule has 0 unspecified atom stereocenters. The van der Waals surface area contributed by atoms with Crippen LogP contribution in [0.4, 0.5) is 0 Å². The van der Waals surface area contributed by atoms with E-state index >= 15 is 0 Å². The highest BCUT2D eigenvalue weighted by molar-refractivity contribution is 9.10. The number of hydrogen-bond donors (Lipinski definition) is 2. The number of aryl methyl sites for hydroxylation is 2. The van der Waals surface area contributed by atoms with Gasteiger partial charge in [-0.15, -0.1) is 0 Å². The molecular weight excluding hydrogens is 296 g/mol. The van der Waals surface area contributed by atoms with Crippen LogP contribution in [-0.2, 0) is 24.3 Å². The summed E-state index contributed by atoms with van der Waals surface area (Å²) in [7, 11) is 0. The van der Waals surface area contributed by atoms with Gasteiger partial charge in [0.1, 0.15) is 0 Å². The lowest BCUT2D eigenvalue weighted by molar-refractivity contribution is -0.123. The van der Waals surface area contributed by atoms with Gasteiger partial charge in [0.05, 0.1) is 21.4 Å². The van der Waals surface area contributed by atoms with Crippen molar-refractivity contribution in [3.8, 4) is 0 Å². The zero-order valence-electron chi connectivity index (χ0n) is 11.4. The number of carbonyl (C=O) groups is 1. The Hall–Kier alpha value is -0.880. The van der Waals surface area contributed by atoms with Gasteiger partial charge in [0.25, 0.3) is 0 Å². The lowest BCUT2D eigenvalue weighted by Crippen LogP contribution is -2.50. The molecule has 0 spiro atoms. The smallest absolute Gasteiger partial charge is 0.237 e. The molecule has 0 radical (unpaired) electrons. The van der Waals surface area contributed by atoms with E-state index < -0.39 is 5.54 Å². The molecular formula is C12H21BrN4O. The van der Waals surface area contributed by atoms with E-state index in [0.717, 1.165) is 28.8 Å². The topological polar surface area (TPSA) is 72.9 Å². The number of primary amides is 1. The predicted molar refractivity (Wildman–Crippen MR) is 75.1 cm³/mol. The minimum atomic E-state index is -0.728. The van der Waals surface area contributed by atoms with Gasteiger partial charge in [-0.2, -0.15) is 5.10 Å². The molecule has 6 heteroatoms. The normalized spacial score (nSPS) is 11.8. The molecule has 1 aromatic heterocycles. The van der Waals surface area contributed by atoms with Crippen LogP contribution in [0.15, 0.2) is 4.47 Å². The molecule has 0 aromatic carbocycles. The lowest BCUT2D eigenvalue weighted by Gasteiger charge is -2.22. The molecule has 18 heavy (non-hydrogen) atoms. The molecule has 1 aromatic rings. The van der Waals surface area contributed by atoms with Gasteiger partial charge in [0, 0.05) is 13.1 Å². The Morgan fingerprint density at radius 1 is 1.50 bits per heavy atom. The van der Waals surface area contributed by atoms with Crippen molar-refractivity contribution in [2.45, 2.75) is 52.7 Å². The molecule has 3 N–H and O–H groups in total. The highest BCUT2D eigenvalue weighted by Gasteiger charge is 2.25. The largest absolute Gasteiger partial charge is 0.368 e. The van der Waals surface area contributed by atoms with Crippen LogP contribution in [0, 0.1) is 0 Å². The number of nitrogens with zero attached hydrogens (tertiary/aromatic N) is 2. The maximum Gasteiger partial charge on any atom is 0.237 e. The number of nitrogens with one attached hydrogen (secondary N) is 1. The van der Waals surface area contributed by atoms with Crippen LogP contribution >= 0.6 is 15.9 Å². The molecule has 0 aliphatic heterocycles. The van der Waals surface area contributed by atoms with Crippen molar-refractivity contribution in [3.63, 3.8) is 0 Å². The van der Waals surface area contributed by atoms with E-state index in [1.165, 1.54) is 0 Å². The molecule has 5 nitrogen and oxygen atoms in total. The van der Waals surface area contributed by atoms with E-state index in [2.05, 4.69) is 33.3 Å². The summed E-state index contributed by atoms with van der Waals surface area (Å²) in [5, 5.41) is 7.67. The summed E-state index contributed by atoms with van der Waals surface area (Å²) in [5.74, 6) is -0.364. The van der Waals surface area contributed by atoms with E-state index in [1.807, 2.05) is 11.6 Å². The minimum Gasteiger partial charge on any atom is -0.368 e. The second kappa shape index (κ2) is 5.84. The second-order valence-corrected chi connectivity index (χ2v) is 5.51. The zero-order chi connectivity index (χ0) is 13.9. The summed E-state index contributed by atoms with van der Waals surface area (Å²) in [6, 6.07) is 0. The predicted octanol–water partition coefficient (Wildman–Crippen LogP) is 1.58. The summed E-state index contributed by atoms with van der Waals surface area (Å²) in [6.45, 7) is 9.01. The first-order valence-corrected chi connectivity index (χ1v) is 6.91. The molecule has 0 bridgehead atoms. The van der Waals surface area contributed by atoms with Crippen molar-refractivity contribution in [2.24, 2.45) is 5.73 Å². The van der Waals surface area contributed by atoms with Gasteiger partial charge < -0.3 is 5.73 Å². The highest BCUT2D eigenvalue weighted by atomic mass is 79.9. The number of carbonyl (C=O) groups excluding carboxylic acids is 1. The molecule has 0 aliphatic rings. The van der Waals surface area contributed by atoms with Gasteiger partial charge in [-0.3, -0.25) is 14.8 Å². The Bertz CT molecular complexity index is 440. The Kier molecular flexibility index (Phi) is 4.92. The van der Waals surface area contributed by atoms with Crippen molar-refractivity contribution < 1.29 is 4.79 Å². The minimum absolute atomic E-state index is 0.364. The van der Waals surface area contributed by atoms with Crippen molar-refractivity contribution in [1.29, 1.82) is 0 Å². The summed E-state index contributed by atoms with van der Waals surface area (Å²) < 4.78 is 2.95. The Labute approximate surface area is 116 Å². The molecule has 1 rings (SSSR count). The fraction of sp³-hybridized carbons (Fsp3) is 0.667. The van der Waals surface area contributed by atoms with E-state index in [9.17, 15) is 4.79 Å². The van der Waals surface area contributed by atoms with Gasteiger partial charge in [-0.05, 0) is 43.1 Å². The molecule has 0 saturated carbocycles. The van der Waals surface area contributed by atoms with Crippen molar-refractivity contribution in [1.82, 2.24) is 15.1 Å². The standard InChI is InChI=1S/C12H21BrN4O/c1-5-8-10(13)9(17(6-2)16-8)7-15-12(3,4)11(14)18/h15H,5-7H2,1-4H3,(H2,14,18). The van der Waals surface area contributed by atoms with Crippen LogP contribution in [0.1, 0.15) is 39.1 Å². The summed E-state index contributed by atoms with van der Waals surface area (Å²) >= 11 is 3.57. The third-order valence-corrected chi connectivity index (χ3v) is 3.92. The Balaban J connectivity index is 2.91. The number of rotatable bonds is 6. The zero-order valence-corrected chi connectivity index (χ0v) is 13.0. The Morgan fingerprint density at radius 2 is 2.11 bits per heavy atom. The Morgan fingerprint density at radius 3 is 2.56 bits per heavy atom. The van der Waals surface area contributed by atoms with E-state index in [-0.39, 0.29) is 5.91 Å². The van der Waals surface area contributed by atoms with E-state index in [4.69, 9.17) is 5.73 Å². The van der Waals surface area contributed by atoms with Gasteiger partial charge in [0.2, 0.25) is 5.91 Å². The van der Waals surface area contributed by atoms with E-state index in [1.54, 1.807) is 13.8 Å². The number of hydrogen-bond acceptors (Lipinski definition) is 3. The number of amides is 1. The monoisotopic (exact) mass is 316 g/mol. The molecule has 1 amide bonds. The van der Waals surface area contributed by atoms with Crippen LogP contribution in [0.5, 0.6) is 0 Å². The van der Waals surface area contributed by atoms with Crippen molar-refractivity contribution in [3.05, 3.63) is 15.9 Å². The van der Waals surface area contributed by atoms with Gasteiger partial charge in [0.15, 0.2) is 0 Å².